The Labute approximate surface area is 166 Å². The summed E-state index contributed by atoms with van der Waals surface area (Å²) in [5.41, 5.74) is 3.76. The Morgan fingerprint density at radius 2 is 2.00 bits per heavy atom. The Hall–Kier alpha value is -2.82. The summed E-state index contributed by atoms with van der Waals surface area (Å²) < 4.78 is 5.69. The molecular weight excluding hydrogens is 350 g/mol. The Balaban J connectivity index is 1.56. The van der Waals surface area contributed by atoms with Crippen LogP contribution < -0.4 is 10.1 Å². The highest BCUT2D eigenvalue weighted by Gasteiger charge is 2.45. The fourth-order valence-electron chi connectivity index (χ4n) is 4.27. The van der Waals surface area contributed by atoms with Crippen molar-refractivity contribution in [3.8, 4) is 16.9 Å². The molecule has 1 fully saturated rings. The van der Waals surface area contributed by atoms with Crippen molar-refractivity contribution in [2.24, 2.45) is 5.92 Å². The molecule has 5 heteroatoms. The number of amides is 1. The van der Waals surface area contributed by atoms with Gasteiger partial charge in [-0.3, -0.25) is 15.1 Å². The third-order valence-electron chi connectivity index (χ3n) is 5.50. The maximum Gasteiger partial charge on any atom is 0.255 e. The fourth-order valence-corrected chi connectivity index (χ4v) is 4.27. The number of hydrogen-bond acceptors (Lipinski definition) is 3. The van der Waals surface area contributed by atoms with Gasteiger partial charge in [0, 0.05) is 6.42 Å². The van der Waals surface area contributed by atoms with Crippen molar-refractivity contribution in [3.63, 3.8) is 0 Å². The summed E-state index contributed by atoms with van der Waals surface area (Å²) >= 11 is 0. The number of guanidine groups is 1. The molecule has 2 N–H and O–H groups in total. The van der Waals surface area contributed by atoms with Gasteiger partial charge in [-0.05, 0) is 53.6 Å². The van der Waals surface area contributed by atoms with E-state index in [0.29, 0.717) is 18.9 Å². The van der Waals surface area contributed by atoms with Crippen molar-refractivity contribution >= 4 is 11.9 Å². The Morgan fingerprint density at radius 3 is 2.79 bits per heavy atom. The molecule has 2 aromatic rings. The molecule has 28 heavy (non-hydrogen) atoms. The molecule has 0 bridgehead atoms. The van der Waals surface area contributed by atoms with Gasteiger partial charge in [-0.2, -0.15) is 0 Å². The molecule has 1 atom stereocenters. The normalized spacial score (nSPS) is 21.1. The first-order valence-corrected chi connectivity index (χ1v) is 9.89. The zero-order valence-corrected chi connectivity index (χ0v) is 16.7. The number of carbonyl (C=O) groups excluding carboxylic acids is 1. The molecular formula is C23H27N3O2. The zero-order chi connectivity index (χ0) is 19.9. The van der Waals surface area contributed by atoms with Crippen LogP contribution in [0.2, 0.25) is 0 Å². The summed E-state index contributed by atoms with van der Waals surface area (Å²) in [5, 5.41) is 11.4. The van der Waals surface area contributed by atoms with Crippen LogP contribution in [0.3, 0.4) is 0 Å². The second-order valence-corrected chi connectivity index (χ2v) is 8.42. The standard InChI is InChI=1S/C23H27N3O2/c1-15(2)13-23(3)21(27)26(22(24)25-23)14-16-5-4-6-18(11-16)19-8-7-17-9-10-28-20(17)12-19/h4-8,11-12,15H,9-10,13-14H2,1-3H3,(H2,24,25). The van der Waals surface area contributed by atoms with Crippen LogP contribution in [0, 0.1) is 11.3 Å². The lowest BCUT2D eigenvalue weighted by molar-refractivity contribution is -0.131. The minimum absolute atomic E-state index is 0.0254. The van der Waals surface area contributed by atoms with Crippen molar-refractivity contribution in [2.75, 3.05) is 6.61 Å². The van der Waals surface area contributed by atoms with Crippen LogP contribution in [0.4, 0.5) is 0 Å². The lowest BCUT2D eigenvalue weighted by atomic mass is 9.91. The van der Waals surface area contributed by atoms with Crippen molar-refractivity contribution < 1.29 is 9.53 Å². The number of ether oxygens (including phenoxy) is 1. The lowest BCUT2D eigenvalue weighted by Crippen LogP contribution is -2.44. The maximum absolute atomic E-state index is 13.0. The summed E-state index contributed by atoms with van der Waals surface area (Å²) in [6.45, 7) is 7.23. The quantitative estimate of drug-likeness (QED) is 0.829. The van der Waals surface area contributed by atoms with Crippen LogP contribution in [0.5, 0.6) is 5.75 Å². The molecule has 1 saturated heterocycles. The molecule has 0 aromatic heterocycles. The molecule has 146 valence electrons. The molecule has 1 unspecified atom stereocenters. The Morgan fingerprint density at radius 1 is 1.21 bits per heavy atom. The van der Waals surface area contributed by atoms with E-state index in [1.54, 1.807) is 4.90 Å². The van der Waals surface area contributed by atoms with Gasteiger partial charge in [-0.25, -0.2) is 0 Å². The summed E-state index contributed by atoms with van der Waals surface area (Å²) in [4.78, 5) is 14.5. The summed E-state index contributed by atoms with van der Waals surface area (Å²) in [6.07, 6.45) is 1.68. The van der Waals surface area contributed by atoms with Gasteiger partial charge in [-0.15, -0.1) is 0 Å². The first-order chi connectivity index (χ1) is 13.4. The highest BCUT2D eigenvalue weighted by atomic mass is 16.5. The first kappa shape index (κ1) is 18.5. The van der Waals surface area contributed by atoms with Gasteiger partial charge in [0.1, 0.15) is 11.3 Å². The van der Waals surface area contributed by atoms with Gasteiger partial charge in [0.2, 0.25) is 0 Å². The van der Waals surface area contributed by atoms with Gasteiger partial charge in [0.15, 0.2) is 5.96 Å². The second kappa shape index (κ2) is 6.97. The number of hydrogen-bond donors (Lipinski definition) is 2. The van der Waals surface area contributed by atoms with Gasteiger partial charge in [0.25, 0.3) is 5.91 Å². The minimum atomic E-state index is -0.694. The molecule has 0 spiro atoms. The molecule has 0 aliphatic carbocycles. The smallest absolute Gasteiger partial charge is 0.255 e. The lowest BCUT2D eigenvalue weighted by Gasteiger charge is -2.24. The predicted molar refractivity (Wildman–Crippen MR) is 110 cm³/mol. The zero-order valence-electron chi connectivity index (χ0n) is 16.7. The highest BCUT2D eigenvalue weighted by Crippen LogP contribution is 2.32. The number of carbonyl (C=O) groups is 1. The highest BCUT2D eigenvalue weighted by molar-refractivity contribution is 6.07. The molecule has 2 aromatic carbocycles. The van der Waals surface area contributed by atoms with Gasteiger partial charge in [0.05, 0.1) is 13.2 Å². The largest absolute Gasteiger partial charge is 0.493 e. The summed E-state index contributed by atoms with van der Waals surface area (Å²) in [5.74, 6) is 1.50. The molecule has 0 radical (unpaired) electrons. The number of nitrogens with one attached hydrogen (secondary N) is 2. The van der Waals surface area contributed by atoms with E-state index in [4.69, 9.17) is 10.1 Å². The number of fused-ring (bicyclic) bond motifs is 1. The van der Waals surface area contributed by atoms with Gasteiger partial charge >= 0.3 is 0 Å². The van der Waals surface area contributed by atoms with E-state index < -0.39 is 5.54 Å². The van der Waals surface area contributed by atoms with Crippen LogP contribution in [0.15, 0.2) is 42.5 Å². The predicted octanol–water partition coefficient (Wildman–Crippen LogP) is 3.96. The van der Waals surface area contributed by atoms with E-state index in [1.165, 1.54) is 5.56 Å². The Kier molecular flexibility index (Phi) is 4.61. The van der Waals surface area contributed by atoms with Crippen LogP contribution in [-0.2, 0) is 17.8 Å². The molecule has 1 amide bonds. The summed E-state index contributed by atoms with van der Waals surface area (Å²) in [6, 6.07) is 14.5. The average Bonchev–Trinajstić information content (AvgIpc) is 3.19. The molecule has 2 aliphatic heterocycles. The molecule has 0 saturated carbocycles. The first-order valence-electron chi connectivity index (χ1n) is 9.89. The van der Waals surface area contributed by atoms with E-state index in [1.807, 2.05) is 19.1 Å². The van der Waals surface area contributed by atoms with Crippen molar-refractivity contribution in [3.05, 3.63) is 53.6 Å². The van der Waals surface area contributed by atoms with Crippen LogP contribution in [-0.4, -0.2) is 28.9 Å². The molecule has 4 rings (SSSR count). The van der Waals surface area contributed by atoms with E-state index in [0.717, 1.165) is 35.5 Å². The van der Waals surface area contributed by atoms with Crippen LogP contribution >= 0.6 is 0 Å². The van der Waals surface area contributed by atoms with E-state index in [9.17, 15) is 4.79 Å². The monoisotopic (exact) mass is 377 g/mol. The third kappa shape index (κ3) is 3.37. The van der Waals surface area contributed by atoms with Crippen molar-refractivity contribution in [2.45, 2.75) is 45.7 Å². The van der Waals surface area contributed by atoms with E-state index >= 15 is 0 Å². The van der Waals surface area contributed by atoms with Crippen LogP contribution in [0.1, 0.15) is 38.3 Å². The summed E-state index contributed by atoms with van der Waals surface area (Å²) in [7, 11) is 0. The maximum atomic E-state index is 13.0. The number of benzene rings is 2. The van der Waals surface area contributed by atoms with Crippen molar-refractivity contribution in [1.29, 1.82) is 5.41 Å². The second-order valence-electron chi connectivity index (χ2n) is 8.42. The average molecular weight is 377 g/mol. The molecule has 2 heterocycles. The van der Waals surface area contributed by atoms with E-state index in [-0.39, 0.29) is 11.9 Å². The number of rotatable bonds is 5. The van der Waals surface area contributed by atoms with Crippen molar-refractivity contribution in [1.82, 2.24) is 10.2 Å². The third-order valence-corrected chi connectivity index (χ3v) is 5.50. The minimum Gasteiger partial charge on any atom is -0.493 e. The van der Waals surface area contributed by atoms with Gasteiger partial charge in [-0.1, -0.05) is 44.2 Å². The van der Waals surface area contributed by atoms with Gasteiger partial charge < -0.3 is 10.1 Å². The Bertz CT molecular complexity index is 937. The fraction of sp³-hybridized carbons (Fsp3) is 0.391. The SMILES string of the molecule is CC(C)CC1(C)NC(=N)N(Cc2cccc(-c3ccc4c(c3)OCC4)c2)C1=O. The van der Waals surface area contributed by atoms with E-state index in [2.05, 4.69) is 49.5 Å². The molecule has 5 nitrogen and oxygen atoms in total. The number of nitrogens with zero attached hydrogens (tertiary/aromatic N) is 1. The van der Waals surface area contributed by atoms with Crippen LogP contribution in [0.25, 0.3) is 11.1 Å². The molecule has 2 aliphatic rings. The topological polar surface area (TPSA) is 65.4 Å².